The fourth-order valence-corrected chi connectivity index (χ4v) is 0. The van der Waals surface area contributed by atoms with Crippen molar-refractivity contribution in [2.24, 2.45) is 0 Å². The van der Waals surface area contributed by atoms with Gasteiger partial charge in [0.05, 0.1) is 11.4 Å². The number of rotatable bonds is 0. The first-order valence-corrected chi connectivity index (χ1v) is 2.58. The zero-order chi connectivity index (χ0) is 6.99. The van der Waals surface area contributed by atoms with E-state index in [0.717, 1.165) is 0 Å². The van der Waals surface area contributed by atoms with Gasteiger partial charge in [-0.1, -0.05) is 15.9 Å². The minimum atomic E-state index is -2.33. The van der Waals surface area contributed by atoms with Crippen molar-refractivity contribution in [2.45, 2.75) is 0 Å². The molecule has 0 fully saturated rings. The van der Waals surface area contributed by atoms with Gasteiger partial charge in [-0.3, -0.25) is 0 Å². The molecule has 0 atom stereocenters. The average molecular weight is 258 g/mol. The maximum atomic E-state index is 8.33. The topological polar surface area (TPSA) is 87.0 Å². The number of hydrogen-bond donors (Lipinski definition) is 0. The number of nitrogens with zero attached hydrogens (tertiary/aromatic N) is 1. The molecule has 0 N–H and O–H groups in total. The van der Waals surface area contributed by atoms with E-state index in [-0.39, 0.29) is 103 Å². The van der Waals surface area contributed by atoms with Gasteiger partial charge in [0.1, 0.15) is 0 Å². The van der Waals surface area contributed by atoms with Crippen LogP contribution in [0.1, 0.15) is 0 Å². The summed E-state index contributed by atoms with van der Waals surface area (Å²) < 4.78 is 0. The molecule has 0 rings (SSSR count). The number of carbonyl (C=O) groups is 1. The maximum absolute atomic E-state index is 8.33. The third kappa shape index (κ3) is 77.1. The summed E-state index contributed by atoms with van der Waals surface area (Å²) in [7, 11) is 0. The molecular weight excluding hydrogens is 256 g/mol. The monoisotopic (exact) mass is 257 g/mol. The van der Waals surface area contributed by atoms with E-state index in [4.69, 9.17) is 20.3 Å². The smallest absolute Gasteiger partial charge is 0.652 e. The summed E-state index contributed by atoms with van der Waals surface area (Å²) in [5.41, 5.74) is 0. The van der Waals surface area contributed by atoms with Gasteiger partial charge in [-0.25, -0.2) is 0 Å². The largest absolute Gasteiger partial charge is 1.00 e. The fourth-order valence-electron chi connectivity index (χ4n) is 0. The minimum Gasteiger partial charge on any atom is -0.652 e. The Kier molecular flexibility index (Phi) is 51.6. The van der Waals surface area contributed by atoms with Crippen LogP contribution in [0.5, 0.6) is 0 Å². The molecule has 0 aromatic rings. The summed E-state index contributed by atoms with van der Waals surface area (Å²) in [5, 5.41) is 24.7. The third-order valence-corrected chi connectivity index (χ3v) is 0.311. The van der Waals surface area contributed by atoms with Gasteiger partial charge in [-0.05, 0) is 6.16 Å². The molecule has 0 aromatic carbocycles. The third-order valence-electron chi connectivity index (χ3n) is 0.0598. The molecule has 7 heteroatoms. The van der Waals surface area contributed by atoms with E-state index in [0.29, 0.717) is 5.33 Å². The Labute approximate surface area is 152 Å². The van der Waals surface area contributed by atoms with E-state index in [1.807, 2.05) is 6.07 Å². The first-order valence-electron chi connectivity index (χ1n) is 1.46. The van der Waals surface area contributed by atoms with Crippen LogP contribution < -0.4 is 113 Å². The van der Waals surface area contributed by atoms with Crippen LogP contribution in [0.3, 0.4) is 0 Å². The zero-order valence-corrected chi connectivity index (χ0v) is 13.6. The molecule has 0 aliphatic rings. The Morgan fingerprint density at radius 2 is 1.60 bits per heavy atom. The van der Waals surface area contributed by atoms with Crippen molar-refractivity contribution in [2.75, 3.05) is 5.33 Å². The molecule has 0 aromatic heterocycles. The molecule has 0 amide bonds. The summed E-state index contributed by atoms with van der Waals surface area (Å²) in [6.07, 6.45) is -2.33. The molecule has 0 saturated carbocycles. The van der Waals surface area contributed by atoms with Crippen LogP contribution in [-0.2, 0) is 0 Å². The summed E-state index contributed by atoms with van der Waals surface area (Å²) >= 11 is 2.89. The Morgan fingerprint density at radius 1 is 1.50 bits per heavy atom. The van der Waals surface area contributed by atoms with Gasteiger partial charge in [0.2, 0.25) is 0 Å². The van der Waals surface area contributed by atoms with Gasteiger partial charge in [0.15, 0.2) is 0 Å². The van der Waals surface area contributed by atoms with Gasteiger partial charge in [0, 0.05) is 0 Å². The molecule has 0 bridgehead atoms. The number of alkyl halides is 1. The van der Waals surface area contributed by atoms with E-state index >= 15 is 0 Å². The van der Waals surface area contributed by atoms with Crippen LogP contribution in [0.25, 0.3) is 0 Å². The second-order valence-electron chi connectivity index (χ2n) is 0.542. The number of nitriles is 1. The quantitative estimate of drug-likeness (QED) is 0.319. The number of carboxylic acid groups (broad SMARTS) is 2. The first-order chi connectivity index (χ1) is 3.65. The Hall–Kier alpha value is 2.51. The first kappa shape index (κ1) is 22.9. The van der Waals surface area contributed by atoms with E-state index in [9.17, 15) is 0 Å². The fraction of sp³-hybridized carbons (Fsp3) is 0.333. The van der Waals surface area contributed by atoms with Crippen LogP contribution in [-0.4, -0.2) is 11.5 Å². The van der Waals surface area contributed by atoms with E-state index in [1.54, 1.807) is 0 Å². The van der Waals surface area contributed by atoms with E-state index < -0.39 is 6.16 Å². The van der Waals surface area contributed by atoms with E-state index in [2.05, 4.69) is 15.9 Å². The van der Waals surface area contributed by atoms with Crippen molar-refractivity contribution in [3.8, 4) is 6.07 Å². The number of hydrogen-bond acceptors (Lipinski definition) is 4. The van der Waals surface area contributed by atoms with Gasteiger partial charge < -0.3 is 15.0 Å². The average Bonchev–Trinajstić information content (AvgIpc) is 1.65. The van der Waals surface area contributed by atoms with Crippen LogP contribution in [0.15, 0.2) is 0 Å². The molecule has 0 aliphatic heterocycles. The second kappa shape index (κ2) is 22.5. The number of carbonyl (C=O) groups excluding carboxylic acids is 1. The van der Waals surface area contributed by atoms with Crippen molar-refractivity contribution in [1.29, 1.82) is 5.26 Å². The van der Waals surface area contributed by atoms with Crippen LogP contribution in [0.2, 0.25) is 0 Å². The molecule has 46 valence electrons. The van der Waals surface area contributed by atoms with Crippen molar-refractivity contribution >= 4 is 22.1 Å². The molecule has 0 saturated heterocycles. The van der Waals surface area contributed by atoms with Crippen LogP contribution in [0.4, 0.5) is 4.79 Å². The SMILES string of the molecule is N#CCBr.O=C([O-])[O-].[K+].[K+]. The van der Waals surface area contributed by atoms with Crippen molar-refractivity contribution < 1.29 is 118 Å². The van der Waals surface area contributed by atoms with Gasteiger partial charge in [-0.2, -0.15) is 5.26 Å². The molecule has 0 heterocycles. The van der Waals surface area contributed by atoms with Crippen LogP contribution >= 0.6 is 15.9 Å². The van der Waals surface area contributed by atoms with Crippen molar-refractivity contribution in [3.63, 3.8) is 0 Å². The Balaban J connectivity index is -0.0000000300. The predicted octanol–water partition coefficient (Wildman–Crippen LogP) is -7.53. The second-order valence-corrected chi connectivity index (χ2v) is 1.10. The molecule has 0 radical (unpaired) electrons. The van der Waals surface area contributed by atoms with Gasteiger partial charge >= 0.3 is 103 Å². The summed E-state index contributed by atoms with van der Waals surface area (Å²) in [5.74, 6) is 0. The van der Waals surface area contributed by atoms with Crippen molar-refractivity contribution in [1.82, 2.24) is 0 Å². The molecule has 0 aliphatic carbocycles. The molecule has 10 heavy (non-hydrogen) atoms. The van der Waals surface area contributed by atoms with Crippen molar-refractivity contribution in [3.05, 3.63) is 0 Å². The zero-order valence-electron chi connectivity index (χ0n) is 5.76. The Morgan fingerprint density at radius 3 is 1.60 bits per heavy atom. The molecule has 0 spiro atoms. The summed E-state index contributed by atoms with van der Waals surface area (Å²) in [6, 6.07) is 1.85. The minimum absolute atomic E-state index is 0. The molecule has 4 nitrogen and oxygen atoms in total. The predicted molar refractivity (Wildman–Crippen MR) is 24.8 cm³/mol. The Bertz CT molecular complexity index is 100. The summed E-state index contributed by atoms with van der Waals surface area (Å²) in [6.45, 7) is 0. The van der Waals surface area contributed by atoms with Gasteiger partial charge in [0.25, 0.3) is 0 Å². The molecule has 0 unspecified atom stereocenters. The van der Waals surface area contributed by atoms with Gasteiger partial charge in [-0.15, -0.1) is 0 Å². The molecular formula is C3H2BrK2NO3. The maximum Gasteiger partial charge on any atom is 1.00 e. The van der Waals surface area contributed by atoms with E-state index in [1.165, 1.54) is 0 Å². The number of halogens is 1. The normalized spacial score (nSPS) is 4.40. The van der Waals surface area contributed by atoms with Crippen LogP contribution in [0, 0.1) is 11.3 Å². The summed E-state index contributed by atoms with van der Waals surface area (Å²) in [4.78, 5) is 8.33. The standard InChI is InChI=1S/C2H2BrN.CH2O3.2K/c3-1-2-4;2-1(3)4;;/h1H2;(H2,2,3,4);;/q;;2*+1/p-2.